The van der Waals surface area contributed by atoms with E-state index in [9.17, 15) is 18.9 Å². The molecular weight excluding hydrogens is 389 g/mol. The van der Waals surface area contributed by atoms with E-state index in [1.165, 1.54) is 6.07 Å². The van der Waals surface area contributed by atoms with E-state index in [0.717, 1.165) is 0 Å². The molecular formula is C7H4BrF2IN2O2. The van der Waals surface area contributed by atoms with E-state index in [4.69, 9.17) is 0 Å². The number of pyridine rings is 1. The fourth-order valence-electron chi connectivity index (χ4n) is 0.955. The molecule has 0 aliphatic heterocycles. The summed E-state index contributed by atoms with van der Waals surface area (Å²) >= 11 is 4.72. The van der Waals surface area contributed by atoms with Crippen molar-refractivity contribution in [3.05, 3.63) is 31.0 Å². The fraction of sp³-hybridized carbons (Fsp3) is 0.286. The Labute approximate surface area is 105 Å². The quantitative estimate of drug-likeness (QED) is 0.343. The van der Waals surface area contributed by atoms with Gasteiger partial charge in [0.05, 0.1) is 0 Å². The first kappa shape index (κ1) is 12.7. The molecule has 0 aliphatic carbocycles. The molecule has 0 radical (unpaired) electrons. The molecule has 0 spiro atoms. The van der Waals surface area contributed by atoms with Crippen LogP contribution >= 0.6 is 38.5 Å². The lowest BCUT2D eigenvalue weighted by Gasteiger charge is -2.03. The van der Waals surface area contributed by atoms with Crippen molar-refractivity contribution in [2.24, 2.45) is 0 Å². The Bertz CT molecular complexity index is 403. The van der Waals surface area contributed by atoms with Gasteiger partial charge in [-0.05, 0) is 38.6 Å². The molecule has 0 amide bonds. The van der Waals surface area contributed by atoms with Crippen LogP contribution in [-0.2, 0) is 5.33 Å². The number of rotatable bonds is 3. The second kappa shape index (κ2) is 5.10. The number of hydrogen-bond acceptors (Lipinski definition) is 3. The Morgan fingerprint density at radius 3 is 2.67 bits per heavy atom. The highest BCUT2D eigenvalue weighted by atomic mass is 127. The minimum atomic E-state index is -2.81. The van der Waals surface area contributed by atoms with E-state index in [2.05, 4.69) is 20.9 Å². The standard InChI is InChI=1S/C7H4BrF2IN2O2/c8-2-3-1-4(11)7(13(14)15)12-5(3)6(9)10/h1,6H,2H2. The summed E-state index contributed by atoms with van der Waals surface area (Å²) in [7, 11) is 0. The predicted octanol–water partition coefficient (Wildman–Crippen LogP) is 3.43. The molecule has 1 rings (SSSR count). The monoisotopic (exact) mass is 392 g/mol. The highest BCUT2D eigenvalue weighted by Gasteiger charge is 2.25. The van der Waals surface area contributed by atoms with Crippen LogP contribution < -0.4 is 0 Å². The van der Waals surface area contributed by atoms with E-state index >= 15 is 0 Å². The van der Waals surface area contributed by atoms with Crippen molar-refractivity contribution in [2.45, 2.75) is 11.8 Å². The minimum absolute atomic E-state index is 0.188. The van der Waals surface area contributed by atoms with E-state index < -0.39 is 22.9 Å². The zero-order valence-electron chi connectivity index (χ0n) is 7.08. The summed E-state index contributed by atoms with van der Waals surface area (Å²) in [5.41, 5.74) is -0.279. The van der Waals surface area contributed by atoms with Gasteiger partial charge in [-0.1, -0.05) is 15.9 Å². The van der Waals surface area contributed by atoms with Gasteiger partial charge in [-0.3, -0.25) is 0 Å². The molecule has 0 fully saturated rings. The summed E-state index contributed by atoms with van der Waals surface area (Å²) in [5, 5.41) is 10.7. The number of aromatic nitrogens is 1. The normalized spacial score (nSPS) is 10.7. The summed E-state index contributed by atoms with van der Waals surface area (Å²) in [4.78, 5) is 13.1. The van der Waals surface area contributed by atoms with E-state index in [1.807, 2.05) is 0 Å². The first-order valence-corrected chi connectivity index (χ1v) is 5.85. The van der Waals surface area contributed by atoms with Crippen LogP contribution in [0, 0.1) is 13.7 Å². The second-order valence-electron chi connectivity index (χ2n) is 2.53. The Morgan fingerprint density at radius 2 is 2.27 bits per heavy atom. The molecule has 0 unspecified atom stereocenters. The average molecular weight is 393 g/mol. The van der Waals surface area contributed by atoms with Gasteiger partial charge in [0.25, 0.3) is 0 Å². The Kier molecular flexibility index (Phi) is 4.32. The van der Waals surface area contributed by atoms with Crippen LogP contribution in [0.15, 0.2) is 6.07 Å². The van der Waals surface area contributed by atoms with Crippen molar-refractivity contribution in [2.75, 3.05) is 0 Å². The first-order chi connectivity index (χ1) is 6.97. The summed E-state index contributed by atoms with van der Waals surface area (Å²) in [6, 6.07) is 1.34. The first-order valence-electron chi connectivity index (χ1n) is 3.65. The summed E-state index contributed by atoms with van der Waals surface area (Å²) < 4.78 is 25.2. The zero-order chi connectivity index (χ0) is 11.6. The van der Waals surface area contributed by atoms with Crippen molar-refractivity contribution in [1.29, 1.82) is 0 Å². The molecule has 0 aliphatic rings. The van der Waals surface area contributed by atoms with Crippen molar-refractivity contribution in [3.8, 4) is 0 Å². The third-order valence-corrected chi connectivity index (χ3v) is 2.99. The van der Waals surface area contributed by atoms with Crippen LogP contribution in [0.3, 0.4) is 0 Å². The lowest BCUT2D eigenvalue weighted by molar-refractivity contribution is -0.390. The molecule has 1 aromatic rings. The van der Waals surface area contributed by atoms with E-state index in [0.29, 0.717) is 0 Å². The molecule has 0 saturated heterocycles. The van der Waals surface area contributed by atoms with Gasteiger partial charge in [-0.15, -0.1) is 0 Å². The molecule has 1 heterocycles. The summed E-state index contributed by atoms with van der Waals surface area (Å²) in [6.07, 6.45) is -2.81. The van der Waals surface area contributed by atoms with Gasteiger partial charge in [-0.2, -0.15) is 0 Å². The third kappa shape index (κ3) is 2.80. The van der Waals surface area contributed by atoms with Gasteiger partial charge in [-0.25, -0.2) is 8.78 Å². The lowest BCUT2D eigenvalue weighted by Crippen LogP contribution is -2.03. The maximum atomic E-state index is 12.5. The number of halogens is 4. The molecule has 0 atom stereocenters. The molecule has 4 nitrogen and oxygen atoms in total. The Balaban J connectivity index is 3.37. The summed E-state index contributed by atoms with van der Waals surface area (Å²) in [6.45, 7) is 0. The van der Waals surface area contributed by atoms with Crippen molar-refractivity contribution < 1.29 is 13.7 Å². The van der Waals surface area contributed by atoms with E-state index in [-0.39, 0.29) is 14.5 Å². The maximum Gasteiger partial charge on any atom is 0.377 e. The lowest BCUT2D eigenvalue weighted by atomic mass is 10.2. The summed E-state index contributed by atoms with van der Waals surface area (Å²) in [5.74, 6) is -0.532. The minimum Gasteiger partial charge on any atom is -0.358 e. The number of hydrogen-bond donors (Lipinski definition) is 0. The van der Waals surface area contributed by atoms with Gasteiger partial charge in [0.15, 0.2) is 0 Å². The van der Waals surface area contributed by atoms with Gasteiger partial charge < -0.3 is 10.1 Å². The van der Waals surface area contributed by atoms with Crippen molar-refractivity contribution in [1.82, 2.24) is 4.98 Å². The van der Waals surface area contributed by atoms with Gasteiger partial charge >= 0.3 is 12.2 Å². The average Bonchev–Trinajstić information content (AvgIpc) is 2.16. The van der Waals surface area contributed by atoms with Crippen LogP contribution in [0.2, 0.25) is 0 Å². The SMILES string of the molecule is O=[N+]([O-])c1nc(C(F)F)c(CBr)cc1I. The fourth-order valence-corrected chi connectivity index (χ4v) is 2.10. The van der Waals surface area contributed by atoms with E-state index in [1.54, 1.807) is 22.6 Å². The molecule has 0 aromatic carbocycles. The molecule has 1 aromatic heterocycles. The molecule has 8 heteroatoms. The highest BCUT2D eigenvalue weighted by Crippen LogP contribution is 2.28. The number of alkyl halides is 3. The van der Waals surface area contributed by atoms with Gasteiger partial charge in [0.2, 0.25) is 5.69 Å². The van der Waals surface area contributed by atoms with Gasteiger partial charge in [0.1, 0.15) is 3.57 Å². The van der Waals surface area contributed by atoms with Crippen molar-refractivity contribution >= 4 is 44.3 Å². The largest absolute Gasteiger partial charge is 0.377 e. The topological polar surface area (TPSA) is 56.0 Å². The third-order valence-electron chi connectivity index (χ3n) is 1.59. The van der Waals surface area contributed by atoms with Crippen LogP contribution in [0.25, 0.3) is 0 Å². The van der Waals surface area contributed by atoms with Crippen LogP contribution in [-0.4, -0.2) is 9.91 Å². The predicted molar refractivity (Wildman–Crippen MR) is 61.2 cm³/mol. The molecule has 15 heavy (non-hydrogen) atoms. The van der Waals surface area contributed by atoms with Crippen LogP contribution in [0.4, 0.5) is 14.6 Å². The van der Waals surface area contributed by atoms with Crippen molar-refractivity contribution in [3.63, 3.8) is 0 Å². The Hall–Kier alpha value is -0.380. The zero-order valence-corrected chi connectivity index (χ0v) is 10.8. The molecule has 0 N–H and O–H groups in total. The smallest absolute Gasteiger partial charge is 0.358 e. The van der Waals surface area contributed by atoms with Gasteiger partial charge in [0, 0.05) is 10.9 Å². The molecule has 0 bridgehead atoms. The number of nitrogens with zero attached hydrogens (tertiary/aromatic N) is 2. The van der Waals surface area contributed by atoms with Crippen LogP contribution in [0.1, 0.15) is 17.7 Å². The number of nitro groups is 1. The highest BCUT2D eigenvalue weighted by molar-refractivity contribution is 14.1. The second-order valence-corrected chi connectivity index (χ2v) is 4.25. The molecule has 0 saturated carbocycles. The van der Waals surface area contributed by atoms with Crippen LogP contribution in [0.5, 0.6) is 0 Å². The Morgan fingerprint density at radius 1 is 1.67 bits per heavy atom. The molecule has 82 valence electrons. The maximum absolute atomic E-state index is 12.5.